The topological polar surface area (TPSA) is 50.8 Å². The van der Waals surface area contributed by atoms with Crippen molar-refractivity contribution < 1.29 is 14.3 Å². The van der Waals surface area contributed by atoms with Crippen molar-refractivity contribution in [2.24, 2.45) is 5.92 Å². The molecule has 2 aromatic rings. The van der Waals surface area contributed by atoms with E-state index in [2.05, 4.69) is 23.7 Å². The highest BCUT2D eigenvalue weighted by Gasteiger charge is 2.34. The van der Waals surface area contributed by atoms with Crippen LogP contribution >= 0.6 is 11.3 Å². The summed E-state index contributed by atoms with van der Waals surface area (Å²) in [6.07, 6.45) is 2.29. The number of carbonyl (C=O) groups is 1. The van der Waals surface area contributed by atoms with E-state index in [9.17, 15) is 4.79 Å². The molecule has 1 N–H and O–H groups in total. The fraction of sp³-hybridized carbons (Fsp3) is 0.450. The van der Waals surface area contributed by atoms with Gasteiger partial charge >= 0.3 is 6.03 Å². The lowest BCUT2D eigenvalue weighted by Gasteiger charge is -2.25. The number of amides is 2. The van der Waals surface area contributed by atoms with Crippen molar-refractivity contribution in [3.63, 3.8) is 0 Å². The minimum Gasteiger partial charge on any atom is -0.486 e. The molecule has 0 bridgehead atoms. The number of rotatable bonds is 5. The Morgan fingerprint density at radius 2 is 2.04 bits per heavy atom. The summed E-state index contributed by atoms with van der Waals surface area (Å²) in [5.41, 5.74) is 2.33. The van der Waals surface area contributed by atoms with Gasteiger partial charge in [0.25, 0.3) is 0 Å². The summed E-state index contributed by atoms with van der Waals surface area (Å²) in [6.45, 7) is 3.87. The van der Waals surface area contributed by atoms with Gasteiger partial charge in [-0.2, -0.15) is 0 Å². The molecule has 1 aliphatic heterocycles. The molecular weight excluding hydrogens is 348 g/mol. The number of fused-ring (bicyclic) bond motifs is 1. The van der Waals surface area contributed by atoms with Crippen LogP contribution in [0.25, 0.3) is 0 Å². The van der Waals surface area contributed by atoms with Crippen molar-refractivity contribution in [2.75, 3.05) is 20.3 Å². The van der Waals surface area contributed by atoms with Gasteiger partial charge in [0.2, 0.25) is 0 Å². The summed E-state index contributed by atoms with van der Waals surface area (Å²) in [5, 5.41) is 5.30. The van der Waals surface area contributed by atoms with Gasteiger partial charge in [0, 0.05) is 11.9 Å². The minimum absolute atomic E-state index is 0.0187. The van der Waals surface area contributed by atoms with Crippen LogP contribution in [0.3, 0.4) is 0 Å². The molecule has 0 spiro atoms. The molecule has 26 heavy (non-hydrogen) atoms. The van der Waals surface area contributed by atoms with Crippen LogP contribution in [0.1, 0.15) is 34.9 Å². The largest absolute Gasteiger partial charge is 0.486 e. The Morgan fingerprint density at radius 1 is 1.27 bits per heavy atom. The van der Waals surface area contributed by atoms with E-state index >= 15 is 0 Å². The number of thiophene rings is 1. The first kappa shape index (κ1) is 17.2. The van der Waals surface area contributed by atoms with E-state index in [-0.39, 0.29) is 12.1 Å². The predicted octanol–water partition coefficient (Wildman–Crippen LogP) is 4.12. The van der Waals surface area contributed by atoms with Gasteiger partial charge in [-0.15, -0.1) is 11.3 Å². The third-order valence-electron chi connectivity index (χ3n) is 4.99. The Kier molecular flexibility index (Phi) is 4.76. The van der Waals surface area contributed by atoms with Crippen molar-refractivity contribution >= 4 is 17.4 Å². The maximum atomic E-state index is 12.7. The van der Waals surface area contributed by atoms with Crippen molar-refractivity contribution in [3.05, 3.63) is 45.6 Å². The highest BCUT2D eigenvalue weighted by Crippen LogP contribution is 2.43. The second kappa shape index (κ2) is 7.19. The van der Waals surface area contributed by atoms with Crippen LogP contribution in [0.15, 0.2) is 29.6 Å². The van der Waals surface area contributed by atoms with E-state index < -0.39 is 0 Å². The quantitative estimate of drug-likeness (QED) is 0.859. The molecule has 4 rings (SSSR count). The standard InChI is InChI=1S/C20H24N2O3S/c1-13-7-10-26-18(13)12-22(2)20(23)21-19(14-3-4-14)15-5-6-16-17(11-15)25-9-8-24-16/h5-7,10-11,14,19H,3-4,8-9,12H2,1-2H3,(H,21,23). The molecule has 2 aliphatic rings. The molecule has 138 valence electrons. The first-order valence-electron chi connectivity index (χ1n) is 9.06. The van der Waals surface area contributed by atoms with Gasteiger partial charge < -0.3 is 19.7 Å². The second-order valence-corrected chi connectivity index (χ2v) is 8.05. The van der Waals surface area contributed by atoms with E-state index in [0.29, 0.717) is 25.7 Å². The Labute approximate surface area is 157 Å². The zero-order valence-electron chi connectivity index (χ0n) is 15.2. The zero-order valence-corrected chi connectivity index (χ0v) is 16.0. The Morgan fingerprint density at radius 3 is 2.73 bits per heavy atom. The van der Waals surface area contributed by atoms with Gasteiger partial charge in [-0.1, -0.05) is 6.07 Å². The monoisotopic (exact) mass is 372 g/mol. The molecule has 1 aliphatic carbocycles. The molecule has 1 aromatic heterocycles. The lowest BCUT2D eigenvalue weighted by molar-refractivity contribution is 0.171. The molecular formula is C20H24N2O3S. The number of urea groups is 1. The van der Waals surface area contributed by atoms with Crippen LogP contribution in [-0.2, 0) is 6.54 Å². The molecule has 1 unspecified atom stereocenters. The first-order chi connectivity index (χ1) is 12.6. The van der Waals surface area contributed by atoms with E-state index in [4.69, 9.17) is 9.47 Å². The van der Waals surface area contributed by atoms with Gasteiger partial charge in [-0.05, 0) is 60.4 Å². The average molecular weight is 372 g/mol. The maximum Gasteiger partial charge on any atom is 0.317 e. The number of hydrogen-bond donors (Lipinski definition) is 1. The van der Waals surface area contributed by atoms with Crippen molar-refractivity contribution in [2.45, 2.75) is 32.4 Å². The average Bonchev–Trinajstić information content (AvgIpc) is 3.42. The summed E-state index contributed by atoms with van der Waals surface area (Å²) >= 11 is 1.69. The fourth-order valence-corrected chi connectivity index (χ4v) is 4.21. The van der Waals surface area contributed by atoms with E-state index in [1.807, 2.05) is 25.2 Å². The molecule has 1 aromatic carbocycles. The fourth-order valence-electron chi connectivity index (χ4n) is 3.25. The van der Waals surface area contributed by atoms with Gasteiger partial charge in [0.05, 0.1) is 12.6 Å². The summed E-state index contributed by atoms with van der Waals surface area (Å²) in [6, 6.07) is 8.08. The Bertz CT molecular complexity index is 800. The summed E-state index contributed by atoms with van der Waals surface area (Å²) in [4.78, 5) is 15.7. The molecule has 5 nitrogen and oxygen atoms in total. The summed E-state index contributed by atoms with van der Waals surface area (Å²) in [5.74, 6) is 2.06. The number of nitrogens with one attached hydrogen (secondary N) is 1. The molecule has 6 heteroatoms. The minimum atomic E-state index is -0.0374. The number of benzene rings is 1. The number of hydrogen-bond acceptors (Lipinski definition) is 4. The number of ether oxygens (including phenoxy) is 2. The number of nitrogens with zero attached hydrogens (tertiary/aromatic N) is 1. The van der Waals surface area contributed by atoms with E-state index in [0.717, 1.165) is 29.9 Å². The predicted molar refractivity (Wildman–Crippen MR) is 102 cm³/mol. The number of carbonyl (C=O) groups excluding carboxylic acids is 1. The van der Waals surface area contributed by atoms with E-state index in [1.54, 1.807) is 16.2 Å². The van der Waals surface area contributed by atoms with Crippen LogP contribution in [0.5, 0.6) is 11.5 Å². The van der Waals surface area contributed by atoms with Crippen LogP contribution in [0.2, 0.25) is 0 Å². The summed E-state index contributed by atoms with van der Waals surface area (Å²) < 4.78 is 11.3. The lowest BCUT2D eigenvalue weighted by atomic mass is 10.0. The lowest BCUT2D eigenvalue weighted by Crippen LogP contribution is -2.39. The van der Waals surface area contributed by atoms with Gasteiger partial charge in [-0.3, -0.25) is 0 Å². The smallest absolute Gasteiger partial charge is 0.317 e. The van der Waals surface area contributed by atoms with Crippen LogP contribution in [0.4, 0.5) is 4.79 Å². The zero-order chi connectivity index (χ0) is 18.1. The third-order valence-corrected chi connectivity index (χ3v) is 6.00. The molecule has 2 heterocycles. The van der Waals surface area contributed by atoms with Crippen LogP contribution < -0.4 is 14.8 Å². The van der Waals surface area contributed by atoms with Crippen molar-refractivity contribution in [1.82, 2.24) is 10.2 Å². The van der Waals surface area contributed by atoms with Crippen molar-refractivity contribution in [1.29, 1.82) is 0 Å². The van der Waals surface area contributed by atoms with E-state index in [1.165, 1.54) is 10.4 Å². The maximum absolute atomic E-state index is 12.7. The van der Waals surface area contributed by atoms with Gasteiger partial charge in [0.15, 0.2) is 11.5 Å². The molecule has 2 amide bonds. The molecule has 1 atom stereocenters. The SMILES string of the molecule is Cc1ccsc1CN(C)C(=O)NC(c1ccc2c(c1)OCCO2)C1CC1. The first-order valence-corrected chi connectivity index (χ1v) is 9.94. The van der Waals surface area contributed by atoms with Crippen molar-refractivity contribution in [3.8, 4) is 11.5 Å². The highest BCUT2D eigenvalue weighted by atomic mass is 32.1. The second-order valence-electron chi connectivity index (χ2n) is 7.05. The molecule has 1 fully saturated rings. The molecule has 0 saturated heterocycles. The number of aryl methyl sites for hydroxylation is 1. The highest BCUT2D eigenvalue weighted by molar-refractivity contribution is 7.10. The normalized spacial score (nSPS) is 16.8. The van der Waals surface area contributed by atoms with Gasteiger partial charge in [0.1, 0.15) is 13.2 Å². The molecule has 0 radical (unpaired) electrons. The van der Waals surface area contributed by atoms with Crippen LogP contribution in [0, 0.1) is 12.8 Å². The van der Waals surface area contributed by atoms with Gasteiger partial charge in [-0.25, -0.2) is 4.79 Å². The molecule has 1 saturated carbocycles. The van der Waals surface area contributed by atoms with Crippen LogP contribution in [-0.4, -0.2) is 31.2 Å². The summed E-state index contributed by atoms with van der Waals surface area (Å²) in [7, 11) is 1.85. The Hall–Kier alpha value is -2.21. The third kappa shape index (κ3) is 3.65. The Balaban J connectivity index is 1.47.